The van der Waals surface area contributed by atoms with E-state index >= 15 is 0 Å². The van der Waals surface area contributed by atoms with E-state index in [1.54, 1.807) is 30.3 Å². The molecule has 1 aromatic heterocycles. The lowest BCUT2D eigenvalue weighted by Crippen LogP contribution is -2.03. The van der Waals surface area contributed by atoms with Crippen molar-refractivity contribution in [3.63, 3.8) is 0 Å². The van der Waals surface area contributed by atoms with Gasteiger partial charge in [-0.05, 0) is 36.4 Å². The molecule has 3 rings (SSSR count). The summed E-state index contributed by atoms with van der Waals surface area (Å²) in [6, 6.07) is 12.6. The Morgan fingerprint density at radius 1 is 0.905 bits per heavy atom. The van der Waals surface area contributed by atoms with Crippen LogP contribution in [0.15, 0.2) is 64.5 Å². The van der Waals surface area contributed by atoms with Crippen LogP contribution in [0.4, 0.5) is 0 Å². The van der Waals surface area contributed by atoms with E-state index in [0.29, 0.717) is 20.9 Å². The van der Waals surface area contributed by atoms with Crippen LogP contribution in [0.5, 0.6) is 0 Å². The van der Waals surface area contributed by atoms with E-state index < -0.39 is 9.84 Å². The number of fused-ring (bicyclic) bond motifs is 1. The van der Waals surface area contributed by atoms with Gasteiger partial charge in [0.25, 0.3) is 0 Å². The standard InChI is InChI=1S/C15H9Cl2NO2S/c16-10-2-1-3-12(8-10)21(19,20)15-6-7-18-14-9-11(17)4-5-13(14)15/h1-9H. The van der Waals surface area contributed by atoms with Gasteiger partial charge in [-0.1, -0.05) is 35.3 Å². The first kappa shape index (κ1) is 14.3. The summed E-state index contributed by atoms with van der Waals surface area (Å²) >= 11 is 11.8. The zero-order valence-corrected chi connectivity index (χ0v) is 13.0. The molecule has 0 atom stereocenters. The third kappa shape index (κ3) is 2.62. The fraction of sp³-hybridized carbons (Fsp3) is 0. The van der Waals surface area contributed by atoms with Crippen molar-refractivity contribution in [3.05, 3.63) is 64.8 Å². The molecule has 2 aromatic carbocycles. The molecular weight excluding hydrogens is 329 g/mol. The molecule has 21 heavy (non-hydrogen) atoms. The predicted octanol–water partition coefficient (Wildman–Crippen LogP) is 4.37. The SMILES string of the molecule is O=S(=O)(c1cccc(Cl)c1)c1ccnc2cc(Cl)ccc12. The van der Waals surface area contributed by atoms with Gasteiger partial charge in [0, 0.05) is 21.6 Å². The molecule has 0 bridgehead atoms. The predicted molar refractivity (Wildman–Crippen MR) is 83.7 cm³/mol. The highest BCUT2D eigenvalue weighted by Crippen LogP contribution is 2.29. The monoisotopic (exact) mass is 337 g/mol. The van der Waals surface area contributed by atoms with Gasteiger partial charge in [-0.25, -0.2) is 8.42 Å². The van der Waals surface area contributed by atoms with Gasteiger partial charge in [-0.3, -0.25) is 4.98 Å². The van der Waals surface area contributed by atoms with Crippen molar-refractivity contribution in [1.29, 1.82) is 0 Å². The first-order valence-electron chi connectivity index (χ1n) is 6.03. The van der Waals surface area contributed by atoms with Gasteiger partial charge >= 0.3 is 0 Å². The maximum atomic E-state index is 12.8. The summed E-state index contributed by atoms with van der Waals surface area (Å²) in [5.41, 5.74) is 0.533. The Labute approximate surface area is 132 Å². The van der Waals surface area contributed by atoms with Gasteiger partial charge < -0.3 is 0 Å². The second-order valence-corrected chi connectivity index (χ2v) is 7.22. The Hall–Kier alpha value is -1.62. The number of hydrogen-bond donors (Lipinski definition) is 0. The number of pyridine rings is 1. The Kier molecular flexibility index (Phi) is 3.61. The molecule has 0 saturated carbocycles. The van der Waals surface area contributed by atoms with Crippen molar-refractivity contribution >= 4 is 43.9 Å². The molecule has 0 unspecified atom stereocenters. The number of halogens is 2. The molecule has 3 aromatic rings. The van der Waals surface area contributed by atoms with E-state index in [1.165, 1.54) is 24.4 Å². The Morgan fingerprint density at radius 2 is 1.67 bits per heavy atom. The van der Waals surface area contributed by atoms with Crippen LogP contribution >= 0.6 is 23.2 Å². The molecule has 0 aliphatic rings. The molecule has 0 radical (unpaired) electrons. The van der Waals surface area contributed by atoms with Crippen LogP contribution in [0.1, 0.15) is 0 Å². The van der Waals surface area contributed by atoms with E-state index in [4.69, 9.17) is 23.2 Å². The molecule has 3 nitrogen and oxygen atoms in total. The van der Waals surface area contributed by atoms with Crippen molar-refractivity contribution < 1.29 is 8.42 Å². The number of hydrogen-bond acceptors (Lipinski definition) is 3. The number of benzene rings is 2. The van der Waals surface area contributed by atoms with Gasteiger partial charge in [-0.15, -0.1) is 0 Å². The summed E-state index contributed by atoms with van der Waals surface area (Å²) in [6.45, 7) is 0. The minimum atomic E-state index is -3.67. The van der Waals surface area contributed by atoms with Crippen molar-refractivity contribution in [3.8, 4) is 0 Å². The van der Waals surface area contributed by atoms with Gasteiger partial charge in [0.05, 0.1) is 15.3 Å². The molecule has 0 fully saturated rings. The Balaban J connectivity index is 2.29. The van der Waals surface area contributed by atoms with Gasteiger partial charge in [0.2, 0.25) is 9.84 Å². The molecule has 0 saturated heterocycles. The lowest BCUT2D eigenvalue weighted by molar-refractivity contribution is 0.597. The molecule has 0 N–H and O–H groups in total. The summed E-state index contributed by atoms with van der Waals surface area (Å²) in [7, 11) is -3.67. The highest BCUT2D eigenvalue weighted by atomic mass is 35.5. The van der Waals surface area contributed by atoms with Crippen LogP contribution in [-0.2, 0) is 9.84 Å². The minimum Gasteiger partial charge on any atom is -0.256 e. The van der Waals surface area contributed by atoms with Crippen LogP contribution in [0.2, 0.25) is 10.0 Å². The lowest BCUT2D eigenvalue weighted by atomic mass is 10.2. The smallest absolute Gasteiger partial charge is 0.207 e. The van der Waals surface area contributed by atoms with Crippen molar-refractivity contribution in [1.82, 2.24) is 4.98 Å². The summed E-state index contributed by atoms with van der Waals surface area (Å²) in [5, 5.41) is 1.41. The van der Waals surface area contributed by atoms with Crippen LogP contribution in [-0.4, -0.2) is 13.4 Å². The van der Waals surface area contributed by atoms with Crippen LogP contribution in [0.25, 0.3) is 10.9 Å². The van der Waals surface area contributed by atoms with Gasteiger partial charge in [0.15, 0.2) is 0 Å². The largest absolute Gasteiger partial charge is 0.256 e. The van der Waals surface area contributed by atoms with E-state index in [9.17, 15) is 8.42 Å². The number of nitrogens with zero attached hydrogens (tertiary/aromatic N) is 1. The summed E-state index contributed by atoms with van der Waals surface area (Å²) in [5.74, 6) is 0. The Bertz CT molecular complexity index is 939. The molecule has 0 aliphatic heterocycles. The lowest BCUT2D eigenvalue weighted by Gasteiger charge is -2.08. The number of rotatable bonds is 2. The highest BCUT2D eigenvalue weighted by molar-refractivity contribution is 7.91. The normalized spacial score (nSPS) is 11.7. The quantitative estimate of drug-likeness (QED) is 0.697. The first-order valence-corrected chi connectivity index (χ1v) is 8.27. The zero-order valence-electron chi connectivity index (χ0n) is 10.6. The fourth-order valence-electron chi connectivity index (χ4n) is 2.09. The van der Waals surface area contributed by atoms with Crippen LogP contribution in [0, 0.1) is 0 Å². The van der Waals surface area contributed by atoms with Gasteiger partial charge in [-0.2, -0.15) is 0 Å². The highest BCUT2D eigenvalue weighted by Gasteiger charge is 2.20. The fourth-order valence-corrected chi connectivity index (χ4v) is 4.01. The molecule has 6 heteroatoms. The van der Waals surface area contributed by atoms with Crippen molar-refractivity contribution in [2.45, 2.75) is 9.79 Å². The maximum absolute atomic E-state index is 12.8. The third-order valence-electron chi connectivity index (χ3n) is 3.06. The number of aromatic nitrogens is 1. The molecular formula is C15H9Cl2NO2S. The van der Waals surface area contributed by atoms with Crippen LogP contribution in [0.3, 0.4) is 0 Å². The van der Waals surface area contributed by atoms with E-state index in [0.717, 1.165) is 0 Å². The summed E-state index contributed by atoms with van der Waals surface area (Å²) in [6.07, 6.45) is 1.45. The summed E-state index contributed by atoms with van der Waals surface area (Å²) < 4.78 is 25.5. The molecule has 0 amide bonds. The second kappa shape index (κ2) is 5.30. The average molecular weight is 338 g/mol. The molecule has 0 aliphatic carbocycles. The van der Waals surface area contributed by atoms with E-state index in [-0.39, 0.29) is 9.79 Å². The molecule has 1 heterocycles. The third-order valence-corrected chi connectivity index (χ3v) is 5.34. The summed E-state index contributed by atoms with van der Waals surface area (Å²) in [4.78, 5) is 4.49. The van der Waals surface area contributed by atoms with E-state index in [1.807, 2.05) is 0 Å². The van der Waals surface area contributed by atoms with E-state index in [2.05, 4.69) is 4.98 Å². The van der Waals surface area contributed by atoms with Crippen molar-refractivity contribution in [2.24, 2.45) is 0 Å². The zero-order chi connectivity index (χ0) is 15.0. The molecule has 106 valence electrons. The molecule has 0 spiro atoms. The Morgan fingerprint density at radius 3 is 2.43 bits per heavy atom. The minimum absolute atomic E-state index is 0.150. The first-order chi connectivity index (χ1) is 9.98. The van der Waals surface area contributed by atoms with Crippen LogP contribution < -0.4 is 0 Å². The topological polar surface area (TPSA) is 47.0 Å². The second-order valence-electron chi connectivity index (χ2n) is 4.43. The number of sulfone groups is 1. The average Bonchev–Trinajstić information content (AvgIpc) is 2.46. The maximum Gasteiger partial charge on any atom is 0.207 e. The van der Waals surface area contributed by atoms with Gasteiger partial charge in [0.1, 0.15) is 0 Å². The van der Waals surface area contributed by atoms with Crippen molar-refractivity contribution in [2.75, 3.05) is 0 Å².